The number of β-amino-alcohol motifs (C(OH)–C–C–N with tert-alkyl or cyclic N) is 1. The lowest BCUT2D eigenvalue weighted by Crippen LogP contribution is -2.37. The minimum atomic E-state index is -0.200. The molecule has 0 amide bonds. The van der Waals surface area contributed by atoms with Crippen LogP contribution in [0.3, 0.4) is 0 Å². The van der Waals surface area contributed by atoms with E-state index >= 15 is 0 Å². The largest absolute Gasteiger partial charge is 0.493 e. The molecule has 128 valence electrons. The van der Waals surface area contributed by atoms with Crippen molar-refractivity contribution in [2.24, 2.45) is 0 Å². The highest BCUT2D eigenvalue weighted by atomic mass is 16.5. The van der Waals surface area contributed by atoms with Gasteiger partial charge in [0.2, 0.25) is 0 Å². The maximum absolute atomic E-state index is 9.79. The molecule has 1 aliphatic rings. The third-order valence-corrected chi connectivity index (χ3v) is 4.35. The van der Waals surface area contributed by atoms with Crippen LogP contribution in [-0.2, 0) is 13.2 Å². The van der Waals surface area contributed by atoms with Crippen molar-refractivity contribution in [3.05, 3.63) is 59.7 Å². The molecule has 0 aliphatic carbocycles. The van der Waals surface area contributed by atoms with Crippen molar-refractivity contribution in [2.45, 2.75) is 32.1 Å². The van der Waals surface area contributed by atoms with E-state index in [1.165, 1.54) is 5.56 Å². The fourth-order valence-electron chi connectivity index (χ4n) is 3.10. The molecular formula is C20H25NO3. The molecule has 4 nitrogen and oxygen atoms in total. The van der Waals surface area contributed by atoms with Crippen LogP contribution in [0.1, 0.15) is 24.0 Å². The van der Waals surface area contributed by atoms with Gasteiger partial charge in [-0.2, -0.15) is 0 Å². The van der Waals surface area contributed by atoms with Crippen molar-refractivity contribution in [3.8, 4) is 11.5 Å². The monoisotopic (exact) mass is 327 g/mol. The zero-order valence-corrected chi connectivity index (χ0v) is 14.1. The second-order valence-electron chi connectivity index (χ2n) is 6.29. The third-order valence-electron chi connectivity index (χ3n) is 4.35. The van der Waals surface area contributed by atoms with Crippen LogP contribution in [-0.4, -0.2) is 36.3 Å². The number of aliphatic hydroxyl groups excluding tert-OH is 1. The van der Waals surface area contributed by atoms with Gasteiger partial charge in [-0.3, -0.25) is 4.90 Å². The van der Waals surface area contributed by atoms with Crippen LogP contribution in [0.15, 0.2) is 48.5 Å². The molecule has 1 unspecified atom stereocenters. The molecule has 0 bridgehead atoms. The molecule has 1 aliphatic heterocycles. The number of aliphatic hydroxyl groups is 1. The highest BCUT2D eigenvalue weighted by Crippen LogP contribution is 2.29. The molecule has 3 rings (SSSR count). The summed E-state index contributed by atoms with van der Waals surface area (Å²) in [6.07, 6.45) is 1.76. The molecule has 0 radical (unpaired) electrons. The molecule has 4 heteroatoms. The van der Waals surface area contributed by atoms with Crippen LogP contribution < -0.4 is 9.47 Å². The van der Waals surface area contributed by atoms with E-state index in [1.54, 1.807) is 7.11 Å². The Hall–Kier alpha value is -2.04. The molecule has 0 saturated carbocycles. The van der Waals surface area contributed by atoms with Crippen molar-refractivity contribution in [1.82, 2.24) is 4.90 Å². The molecule has 2 aromatic carbocycles. The van der Waals surface area contributed by atoms with Gasteiger partial charge in [0.15, 0.2) is 11.5 Å². The number of piperidine rings is 1. The predicted molar refractivity (Wildman–Crippen MR) is 94.3 cm³/mol. The Bertz CT molecular complexity index is 645. The van der Waals surface area contributed by atoms with Crippen molar-refractivity contribution in [3.63, 3.8) is 0 Å². The SMILES string of the molecule is COc1cc(CN2CCCC(O)C2)ccc1OCc1ccccc1. The number of hydrogen-bond donors (Lipinski definition) is 1. The van der Waals surface area contributed by atoms with E-state index in [2.05, 4.69) is 11.0 Å². The van der Waals surface area contributed by atoms with Crippen LogP contribution in [0.25, 0.3) is 0 Å². The lowest BCUT2D eigenvalue weighted by atomic mass is 10.1. The van der Waals surface area contributed by atoms with E-state index < -0.39 is 0 Å². The Morgan fingerprint density at radius 3 is 2.67 bits per heavy atom. The lowest BCUT2D eigenvalue weighted by molar-refractivity contribution is 0.0668. The minimum Gasteiger partial charge on any atom is -0.493 e. The summed E-state index contributed by atoms with van der Waals surface area (Å²) in [6, 6.07) is 16.2. The van der Waals surface area contributed by atoms with Gasteiger partial charge < -0.3 is 14.6 Å². The van der Waals surface area contributed by atoms with E-state index in [4.69, 9.17) is 9.47 Å². The second-order valence-corrected chi connectivity index (χ2v) is 6.29. The predicted octanol–water partition coefficient (Wildman–Crippen LogP) is 3.23. The van der Waals surface area contributed by atoms with Gasteiger partial charge >= 0.3 is 0 Å². The first-order valence-electron chi connectivity index (χ1n) is 8.48. The molecular weight excluding hydrogens is 302 g/mol. The third kappa shape index (κ3) is 4.49. The van der Waals surface area contributed by atoms with E-state index in [-0.39, 0.29) is 6.10 Å². The molecule has 1 fully saturated rings. The van der Waals surface area contributed by atoms with Gasteiger partial charge in [0.05, 0.1) is 13.2 Å². The van der Waals surface area contributed by atoms with Crippen LogP contribution >= 0.6 is 0 Å². The minimum absolute atomic E-state index is 0.200. The Kier molecular flexibility index (Phi) is 5.72. The van der Waals surface area contributed by atoms with Crippen molar-refractivity contribution in [2.75, 3.05) is 20.2 Å². The number of nitrogens with zero attached hydrogens (tertiary/aromatic N) is 1. The summed E-state index contributed by atoms with van der Waals surface area (Å²) in [4.78, 5) is 2.29. The first kappa shape index (κ1) is 16.8. The number of methoxy groups -OCH3 is 1. The Morgan fingerprint density at radius 1 is 1.08 bits per heavy atom. The highest BCUT2D eigenvalue weighted by molar-refractivity contribution is 5.43. The standard InChI is InChI=1S/C20H25NO3/c1-23-20-12-17(13-21-11-5-8-18(22)14-21)9-10-19(20)24-15-16-6-3-2-4-7-16/h2-4,6-7,9-10,12,18,22H,5,8,11,13-15H2,1H3. The topological polar surface area (TPSA) is 41.9 Å². The smallest absolute Gasteiger partial charge is 0.161 e. The van der Waals surface area contributed by atoms with Crippen LogP contribution in [0, 0.1) is 0 Å². The molecule has 1 N–H and O–H groups in total. The average molecular weight is 327 g/mol. The number of hydrogen-bond acceptors (Lipinski definition) is 4. The van der Waals surface area contributed by atoms with E-state index in [1.807, 2.05) is 42.5 Å². The number of ether oxygens (including phenoxy) is 2. The van der Waals surface area contributed by atoms with Gasteiger partial charge in [-0.15, -0.1) is 0 Å². The molecule has 0 spiro atoms. The van der Waals surface area contributed by atoms with Crippen LogP contribution in [0.5, 0.6) is 11.5 Å². The summed E-state index contributed by atoms with van der Waals surface area (Å²) >= 11 is 0. The summed E-state index contributed by atoms with van der Waals surface area (Å²) in [6.45, 7) is 3.13. The zero-order valence-electron chi connectivity index (χ0n) is 14.1. The van der Waals surface area contributed by atoms with Gasteiger partial charge in [0.1, 0.15) is 6.61 Å². The average Bonchev–Trinajstić information content (AvgIpc) is 2.61. The van der Waals surface area contributed by atoms with E-state index in [9.17, 15) is 5.11 Å². The first-order chi connectivity index (χ1) is 11.7. The lowest BCUT2D eigenvalue weighted by Gasteiger charge is -2.30. The summed E-state index contributed by atoms with van der Waals surface area (Å²) in [5.41, 5.74) is 2.30. The van der Waals surface area contributed by atoms with Gasteiger partial charge in [-0.25, -0.2) is 0 Å². The van der Waals surface area contributed by atoms with Crippen molar-refractivity contribution >= 4 is 0 Å². The van der Waals surface area contributed by atoms with Crippen molar-refractivity contribution < 1.29 is 14.6 Å². The molecule has 2 aromatic rings. The molecule has 1 atom stereocenters. The first-order valence-corrected chi connectivity index (χ1v) is 8.48. The Balaban J connectivity index is 1.64. The molecule has 24 heavy (non-hydrogen) atoms. The number of benzene rings is 2. The van der Waals surface area contributed by atoms with Gasteiger partial charge in [0, 0.05) is 13.1 Å². The maximum Gasteiger partial charge on any atom is 0.161 e. The fourth-order valence-corrected chi connectivity index (χ4v) is 3.10. The molecule has 1 heterocycles. The molecule has 0 aromatic heterocycles. The normalized spacial score (nSPS) is 18.3. The molecule has 1 saturated heterocycles. The fraction of sp³-hybridized carbons (Fsp3) is 0.400. The van der Waals surface area contributed by atoms with Crippen LogP contribution in [0.2, 0.25) is 0 Å². The summed E-state index contributed by atoms with van der Waals surface area (Å²) in [5, 5.41) is 9.79. The summed E-state index contributed by atoms with van der Waals surface area (Å²) in [7, 11) is 1.67. The van der Waals surface area contributed by atoms with Crippen LogP contribution in [0.4, 0.5) is 0 Å². The summed E-state index contributed by atoms with van der Waals surface area (Å²) in [5.74, 6) is 1.50. The Labute approximate surface area is 143 Å². The number of likely N-dealkylation sites (tertiary alicyclic amines) is 1. The quantitative estimate of drug-likeness (QED) is 0.884. The van der Waals surface area contributed by atoms with E-state index in [0.717, 1.165) is 49.5 Å². The maximum atomic E-state index is 9.79. The number of rotatable bonds is 6. The zero-order chi connectivity index (χ0) is 16.8. The van der Waals surface area contributed by atoms with Crippen molar-refractivity contribution in [1.29, 1.82) is 0 Å². The van der Waals surface area contributed by atoms with Gasteiger partial charge in [0.25, 0.3) is 0 Å². The highest BCUT2D eigenvalue weighted by Gasteiger charge is 2.18. The second kappa shape index (κ2) is 8.18. The summed E-state index contributed by atoms with van der Waals surface area (Å²) < 4.78 is 11.4. The van der Waals surface area contributed by atoms with Gasteiger partial charge in [-0.1, -0.05) is 36.4 Å². The Morgan fingerprint density at radius 2 is 1.92 bits per heavy atom. The van der Waals surface area contributed by atoms with Gasteiger partial charge in [-0.05, 0) is 42.6 Å². The van der Waals surface area contributed by atoms with E-state index in [0.29, 0.717) is 6.61 Å².